The molecule has 5 rings (SSSR count). The predicted octanol–water partition coefficient (Wildman–Crippen LogP) is 2.87. The number of carbonyl (C=O) groups is 4. The Morgan fingerprint density at radius 3 is 2.43 bits per heavy atom. The number of methoxy groups -OCH3 is 1. The first-order valence-electron chi connectivity index (χ1n) is 15.6. The van der Waals surface area contributed by atoms with Gasteiger partial charge in [0, 0.05) is 35.3 Å². The minimum Gasteiger partial charge on any atom is -0.507 e. The molecule has 0 saturated carbocycles. The van der Waals surface area contributed by atoms with Crippen LogP contribution in [0.1, 0.15) is 69.3 Å². The summed E-state index contributed by atoms with van der Waals surface area (Å²) in [7, 11) is 3.63. The van der Waals surface area contributed by atoms with Crippen molar-refractivity contribution in [3.63, 3.8) is 0 Å². The van der Waals surface area contributed by atoms with Crippen LogP contribution in [0.4, 0.5) is 4.79 Å². The Hall–Kier alpha value is -4.21. The molecule has 1 aliphatic carbocycles. The van der Waals surface area contributed by atoms with Gasteiger partial charge in [-0.05, 0) is 90.6 Å². The van der Waals surface area contributed by atoms with E-state index in [9.17, 15) is 29.5 Å². The van der Waals surface area contributed by atoms with Crippen molar-refractivity contribution in [2.24, 2.45) is 0 Å². The van der Waals surface area contributed by atoms with Crippen molar-refractivity contribution in [3.8, 4) is 11.8 Å². The van der Waals surface area contributed by atoms with Crippen molar-refractivity contribution < 1.29 is 33.8 Å². The standard InChI is InChI=1S/C34H43N5O7/c1-15-10-19-11-21-23(13-35)39-22(27(38(21)8)25(19)16(2)31(15)45-9)12-20-26(30(42)29(41)17(3)28(20)40)24(39)14-36-32(43)18(4)37-33(44)46-34(5,6)7/h10,18,21-24,27,40H,11-12,14H2,1-9H3,(H,36,43)(H,37,44)/t18-,21+,22-,23-,24-,27-/m0/s1. The first-order valence-corrected chi connectivity index (χ1v) is 15.6. The molecule has 12 heteroatoms. The summed E-state index contributed by atoms with van der Waals surface area (Å²) in [5.74, 6) is -1.55. The number of piperazine rings is 1. The van der Waals surface area contributed by atoms with E-state index in [1.54, 1.807) is 27.9 Å². The first kappa shape index (κ1) is 33.2. The van der Waals surface area contributed by atoms with Crippen LogP contribution < -0.4 is 15.4 Å². The number of nitriles is 1. The van der Waals surface area contributed by atoms with Crippen LogP contribution in [0.15, 0.2) is 28.5 Å². The molecule has 1 aromatic carbocycles. The largest absolute Gasteiger partial charge is 0.507 e. The van der Waals surface area contributed by atoms with Crippen LogP contribution in [0.3, 0.4) is 0 Å². The molecular weight excluding hydrogens is 590 g/mol. The summed E-state index contributed by atoms with van der Waals surface area (Å²) in [6, 6.07) is 1.13. The van der Waals surface area contributed by atoms with Gasteiger partial charge in [-0.1, -0.05) is 6.07 Å². The Morgan fingerprint density at radius 1 is 1.15 bits per heavy atom. The average Bonchev–Trinajstić information content (AvgIpc) is 2.97. The molecule has 1 aromatic rings. The number of rotatable bonds is 5. The molecule has 12 nitrogen and oxygen atoms in total. The number of amides is 2. The number of nitrogens with one attached hydrogen (secondary N) is 2. The fourth-order valence-corrected chi connectivity index (χ4v) is 7.81. The zero-order chi connectivity index (χ0) is 34.0. The second-order valence-electron chi connectivity index (χ2n) is 13.8. The lowest BCUT2D eigenvalue weighted by Gasteiger charge is -2.60. The molecule has 3 N–H and O–H groups in total. The van der Waals surface area contributed by atoms with Gasteiger partial charge in [0.1, 0.15) is 29.2 Å². The van der Waals surface area contributed by atoms with Gasteiger partial charge in [0.15, 0.2) is 0 Å². The Balaban J connectivity index is 1.59. The molecule has 0 spiro atoms. The molecule has 0 aromatic heterocycles. The van der Waals surface area contributed by atoms with Crippen LogP contribution in [0.25, 0.3) is 0 Å². The maximum Gasteiger partial charge on any atom is 0.408 e. The molecule has 3 heterocycles. The topological polar surface area (TPSA) is 161 Å². The second kappa shape index (κ2) is 11.9. The van der Waals surface area contributed by atoms with E-state index in [1.807, 2.05) is 25.8 Å². The van der Waals surface area contributed by atoms with E-state index in [0.29, 0.717) is 12.0 Å². The molecule has 1 fully saturated rings. The summed E-state index contributed by atoms with van der Waals surface area (Å²) in [5, 5.41) is 27.3. The monoisotopic (exact) mass is 633 g/mol. The van der Waals surface area contributed by atoms with E-state index in [4.69, 9.17) is 9.47 Å². The summed E-state index contributed by atoms with van der Waals surface area (Å²) in [5.41, 5.74) is 3.87. The number of aliphatic hydroxyl groups is 1. The molecule has 3 aliphatic heterocycles. The molecule has 2 bridgehead atoms. The van der Waals surface area contributed by atoms with Crippen molar-refractivity contribution >= 4 is 23.6 Å². The van der Waals surface area contributed by atoms with E-state index in [0.717, 1.165) is 28.0 Å². The third-order valence-corrected chi connectivity index (χ3v) is 9.76. The average molecular weight is 634 g/mol. The Morgan fingerprint density at radius 2 is 1.83 bits per heavy atom. The highest BCUT2D eigenvalue weighted by Gasteiger charge is 2.57. The van der Waals surface area contributed by atoms with Gasteiger partial charge in [-0.15, -0.1) is 0 Å². The Labute approximate surface area is 269 Å². The first-order chi connectivity index (χ1) is 21.5. The molecule has 0 unspecified atom stereocenters. The van der Waals surface area contributed by atoms with Crippen LogP contribution in [0.5, 0.6) is 5.75 Å². The highest BCUT2D eigenvalue weighted by atomic mass is 16.6. The van der Waals surface area contributed by atoms with Crippen LogP contribution in [-0.4, -0.2) is 95.0 Å². The van der Waals surface area contributed by atoms with Gasteiger partial charge in [-0.2, -0.15) is 5.26 Å². The third-order valence-electron chi connectivity index (χ3n) is 9.76. The number of carbonyl (C=O) groups excluding carboxylic acids is 4. The van der Waals surface area contributed by atoms with E-state index in [1.165, 1.54) is 13.8 Å². The lowest BCUT2D eigenvalue weighted by molar-refractivity contribution is -0.134. The highest BCUT2D eigenvalue weighted by Crippen LogP contribution is 2.52. The minimum absolute atomic E-state index is 0.0217. The number of ether oxygens (including phenoxy) is 2. The smallest absolute Gasteiger partial charge is 0.408 e. The minimum atomic E-state index is -0.981. The van der Waals surface area contributed by atoms with Crippen LogP contribution in [0, 0.1) is 25.2 Å². The van der Waals surface area contributed by atoms with E-state index in [-0.39, 0.29) is 42.0 Å². The van der Waals surface area contributed by atoms with Crippen LogP contribution in [0.2, 0.25) is 0 Å². The predicted molar refractivity (Wildman–Crippen MR) is 168 cm³/mol. The number of hydrogen-bond donors (Lipinski definition) is 3. The maximum absolute atomic E-state index is 13.7. The van der Waals surface area contributed by atoms with E-state index in [2.05, 4.69) is 27.7 Å². The third kappa shape index (κ3) is 5.35. The fourth-order valence-electron chi connectivity index (χ4n) is 7.81. The number of aliphatic hydroxyl groups excluding tert-OH is 1. The van der Waals surface area contributed by atoms with Crippen molar-refractivity contribution in [2.75, 3.05) is 20.7 Å². The molecule has 2 amide bonds. The maximum atomic E-state index is 13.7. The van der Waals surface area contributed by atoms with Crippen molar-refractivity contribution in [1.82, 2.24) is 20.4 Å². The number of alkyl carbamates (subject to hydrolysis) is 1. The van der Waals surface area contributed by atoms with Crippen molar-refractivity contribution in [3.05, 3.63) is 50.8 Å². The molecule has 246 valence electrons. The Kier molecular flexibility index (Phi) is 8.55. The summed E-state index contributed by atoms with van der Waals surface area (Å²) in [6.45, 7) is 12.0. The van der Waals surface area contributed by atoms with Gasteiger partial charge in [-0.25, -0.2) is 4.79 Å². The lowest BCUT2D eigenvalue weighted by Crippen LogP contribution is -2.71. The van der Waals surface area contributed by atoms with Crippen molar-refractivity contribution in [2.45, 2.75) is 103 Å². The van der Waals surface area contributed by atoms with Gasteiger partial charge in [0.25, 0.3) is 0 Å². The number of ketones is 2. The van der Waals surface area contributed by atoms with Crippen LogP contribution >= 0.6 is 0 Å². The summed E-state index contributed by atoms with van der Waals surface area (Å²) < 4.78 is 11.1. The quantitative estimate of drug-likeness (QED) is 0.325. The van der Waals surface area contributed by atoms with Gasteiger partial charge < -0.3 is 25.2 Å². The zero-order valence-electron chi connectivity index (χ0n) is 27.9. The molecule has 46 heavy (non-hydrogen) atoms. The number of allylic oxidation sites excluding steroid dienone is 2. The SMILES string of the molecule is COc1c(C)cc2c(c1C)[C@@H]1[C@@H]3CC4=C(C(=O)C(=O)C(C)=C4O)[C@H](CNC(=O)[C@H](C)NC(=O)OC(C)(C)C)N3[C@@H](C#N)[C@@H](C2)N1C. The number of likely N-dealkylation sites (N-methyl/N-ethyl adjacent to an activating group) is 1. The molecule has 1 saturated heterocycles. The number of Topliss-reactive ketones (excluding diaryl/α,β-unsaturated/α-hetero) is 2. The van der Waals surface area contributed by atoms with Crippen molar-refractivity contribution in [1.29, 1.82) is 5.26 Å². The number of nitrogens with zero attached hydrogens (tertiary/aromatic N) is 3. The number of aryl methyl sites for hydroxylation is 1. The number of fused-ring (bicyclic) bond motifs is 6. The van der Waals surface area contributed by atoms with E-state index < -0.39 is 53.3 Å². The number of hydrogen-bond acceptors (Lipinski definition) is 10. The van der Waals surface area contributed by atoms with Crippen LogP contribution in [-0.2, 0) is 25.5 Å². The van der Waals surface area contributed by atoms with Gasteiger partial charge in [0.05, 0.1) is 25.3 Å². The summed E-state index contributed by atoms with van der Waals surface area (Å²) >= 11 is 0. The van der Waals surface area contributed by atoms with Gasteiger partial charge >= 0.3 is 6.09 Å². The second-order valence-corrected chi connectivity index (χ2v) is 13.8. The van der Waals surface area contributed by atoms with E-state index >= 15 is 0 Å². The Bertz CT molecular complexity index is 1630. The molecule has 0 radical (unpaired) electrons. The summed E-state index contributed by atoms with van der Waals surface area (Å²) in [6.07, 6.45) is 0.0368. The summed E-state index contributed by atoms with van der Waals surface area (Å²) in [4.78, 5) is 56.5. The lowest BCUT2D eigenvalue weighted by atomic mass is 9.69. The highest BCUT2D eigenvalue weighted by molar-refractivity contribution is 6.50. The van der Waals surface area contributed by atoms with Gasteiger partial charge in [0.2, 0.25) is 17.5 Å². The molecule has 6 atom stereocenters. The fraction of sp³-hybridized carbons (Fsp3) is 0.559. The zero-order valence-corrected chi connectivity index (χ0v) is 27.9. The molecule has 4 aliphatic rings. The number of benzene rings is 1. The molecular formula is C34H43N5O7. The van der Waals surface area contributed by atoms with Gasteiger partial charge in [-0.3, -0.25) is 24.2 Å². The normalized spacial score (nSPS) is 26.8.